The number of para-hydroxylation sites is 1. The Balaban J connectivity index is 1.86. The van der Waals surface area contributed by atoms with Crippen LogP contribution in [0.2, 0.25) is 0 Å². The molecule has 0 saturated heterocycles. The van der Waals surface area contributed by atoms with Gasteiger partial charge in [0.1, 0.15) is 5.82 Å². The largest absolute Gasteiger partial charge is 0.340 e. The van der Waals surface area contributed by atoms with Gasteiger partial charge < -0.3 is 5.32 Å². The molecule has 2 aromatic heterocycles. The molecule has 6 heteroatoms. The lowest BCUT2D eigenvalue weighted by molar-refractivity contribution is 0.0984. The molecule has 0 aliphatic heterocycles. The summed E-state index contributed by atoms with van der Waals surface area (Å²) in [5.41, 5.74) is 2.40. The predicted molar refractivity (Wildman–Crippen MR) is 108 cm³/mol. The molecular formula is C19H15N3OS2. The molecule has 4 nitrogen and oxygen atoms in total. The average molecular weight is 365 g/mol. The highest BCUT2D eigenvalue weighted by Crippen LogP contribution is 2.35. The summed E-state index contributed by atoms with van der Waals surface area (Å²) in [6, 6.07) is 17.7. The van der Waals surface area contributed by atoms with Gasteiger partial charge in [-0.05, 0) is 35.7 Å². The number of pyridine rings is 1. The van der Waals surface area contributed by atoms with E-state index in [-0.39, 0.29) is 5.91 Å². The molecule has 2 N–H and O–H groups in total. The van der Waals surface area contributed by atoms with Crippen molar-refractivity contribution in [2.24, 2.45) is 0 Å². The van der Waals surface area contributed by atoms with Crippen LogP contribution in [0.5, 0.6) is 0 Å². The first-order chi connectivity index (χ1) is 12.3. The molecule has 25 heavy (non-hydrogen) atoms. The molecule has 2 heterocycles. The van der Waals surface area contributed by atoms with E-state index < -0.39 is 0 Å². The van der Waals surface area contributed by atoms with Crippen molar-refractivity contribution in [3.63, 3.8) is 0 Å². The molecule has 0 spiro atoms. The summed E-state index contributed by atoms with van der Waals surface area (Å²) >= 11 is 2.97. The first-order valence-electron chi connectivity index (χ1n) is 7.72. The summed E-state index contributed by atoms with van der Waals surface area (Å²) in [6.45, 7) is 0. The van der Waals surface area contributed by atoms with E-state index in [1.165, 1.54) is 16.6 Å². The zero-order valence-corrected chi connectivity index (χ0v) is 15.1. The Kier molecular flexibility index (Phi) is 4.29. The monoisotopic (exact) mass is 365 g/mol. The summed E-state index contributed by atoms with van der Waals surface area (Å²) in [5.74, 6) is 0.692. The second-order valence-electron chi connectivity index (χ2n) is 5.48. The molecule has 0 bridgehead atoms. The molecule has 0 aliphatic carbocycles. The van der Waals surface area contributed by atoms with Crippen molar-refractivity contribution in [2.45, 2.75) is 0 Å². The lowest BCUT2D eigenvalue weighted by Gasteiger charge is -2.10. The Morgan fingerprint density at radius 1 is 1.08 bits per heavy atom. The minimum absolute atomic E-state index is 0.111. The number of amides is 1. The Bertz CT molecular complexity index is 1060. The van der Waals surface area contributed by atoms with Gasteiger partial charge in [-0.3, -0.25) is 9.52 Å². The van der Waals surface area contributed by atoms with Crippen molar-refractivity contribution in [2.75, 3.05) is 11.6 Å². The maximum absolute atomic E-state index is 12.1. The highest BCUT2D eigenvalue weighted by molar-refractivity contribution is 7.97. The van der Waals surface area contributed by atoms with E-state index in [1.54, 1.807) is 11.3 Å². The van der Waals surface area contributed by atoms with Crippen LogP contribution in [0.25, 0.3) is 21.0 Å². The lowest BCUT2D eigenvalue weighted by Crippen LogP contribution is -2.14. The second kappa shape index (κ2) is 6.74. The van der Waals surface area contributed by atoms with Crippen molar-refractivity contribution in [3.8, 4) is 0 Å². The number of hydrogen-bond donors (Lipinski definition) is 2. The lowest BCUT2D eigenvalue weighted by atomic mass is 10.1. The number of hydrogen-bond acceptors (Lipinski definition) is 5. The zero-order chi connectivity index (χ0) is 17.2. The molecular weight excluding hydrogens is 350 g/mol. The Labute approximate surface area is 153 Å². The minimum atomic E-state index is -0.111. The number of carbonyl (C=O) groups is 1. The van der Waals surface area contributed by atoms with Crippen LogP contribution in [-0.4, -0.2) is 17.1 Å². The van der Waals surface area contributed by atoms with Crippen LogP contribution in [0.4, 0.5) is 11.5 Å². The maximum Gasteiger partial charge on any atom is 0.261 e. The van der Waals surface area contributed by atoms with Crippen molar-refractivity contribution in [3.05, 3.63) is 65.5 Å². The van der Waals surface area contributed by atoms with Gasteiger partial charge in [0.15, 0.2) is 0 Å². The summed E-state index contributed by atoms with van der Waals surface area (Å²) in [6.07, 6.45) is 1.83. The fourth-order valence-electron chi connectivity index (χ4n) is 2.75. The Morgan fingerprint density at radius 3 is 2.72 bits per heavy atom. The molecule has 0 unspecified atom stereocenters. The van der Waals surface area contributed by atoms with Crippen molar-refractivity contribution in [1.29, 1.82) is 0 Å². The van der Waals surface area contributed by atoms with Crippen LogP contribution in [0.3, 0.4) is 0 Å². The smallest absolute Gasteiger partial charge is 0.261 e. The standard InChI is InChI=1S/C19H15N3OS2/c1-24-22-19(23)12-7-8-14-16(11-12)21-18(15-9-10-25-17(14)15)20-13-5-3-2-4-6-13/h2-11H,1H3,(H,20,21)(H,22,23). The van der Waals surface area contributed by atoms with Gasteiger partial charge in [-0.25, -0.2) is 4.98 Å². The van der Waals surface area contributed by atoms with E-state index in [4.69, 9.17) is 4.98 Å². The molecule has 4 rings (SSSR count). The topological polar surface area (TPSA) is 54.0 Å². The van der Waals surface area contributed by atoms with E-state index in [9.17, 15) is 4.79 Å². The van der Waals surface area contributed by atoms with E-state index in [1.807, 2.05) is 54.8 Å². The molecule has 0 radical (unpaired) electrons. The van der Waals surface area contributed by atoms with Crippen molar-refractivity contribution in [1.82, 2.24) is 9.71 Å². The third-order valence-electron chi connectivity index (χ3n) is 3.89. The van der Waals surface area contributed by atoms with Gasteiger partial charge in [0.05, 0.1) is 5.52 Å². The Hall–Kier alpha value is -2.57. The molecule has 0 atom stereocenters. The fraction of sp³-hybridized carbons (Fsp3) is 0.0526. The van der Waals surface area contributed by atoms with Crippen molar-refractivity contribution >= 4 is 61.7 Å². The summed E-state index contributed by atoms with van der Waals surface area (Å²) < 4.78 is 3.92. The van der Waals surface area contributed by atoms with Gasteiger partial charge >= 0.3 is 0 Å². The number of anilines is 2. The first kappa shape index (κ1) is 15.9. The van der Waals surface area contributed by atoms with Crippen LogP contribution in [0, 0.1) is 0 Å². The number of nitrogens with one attached hydrogen (secondary N) is 2. The second-order valence-corrected chi connectivity index (χ2v) is 7.01. The number of aromatic nitrogens is 1. The Morgan fingerprint density at radius 2 is 1.92 bits per heavy atom. The van der Waals surface area contributed by atoms with E-state index in [2.05, 4.69) is 21.5 Å². The number of thiophene rings is 1. The van der Waals surface area contributed by atoms with Gasteiger partial charge in [-0.1, -0.05) is 36.2 Å². The molecule has 124 valence electrons. The van der Waals surface area contributed by atoms with Gasteiger partial charge in [0, 0.05) is 33.0 Å². The van der Waals surface area contributed by atoms with E-state index >= 15 is 0 Å². The fourth-order valence-corrected chi connectivity index (χ4v) is 3.98. The average Bonchev–Trinajstić information content (AvgIpc) is 3.13. The maximum atomic E-state index is 12.1. The zero-order valence-electron chi connectivity index (χ0n) is 13.4. The molecule has 0 fully saturated rings. The van der Waals surface area contributed by atoms with Gasteiger partial charge in [-0.2, -0.15) is 0 Å². The number of nitrogens with zero attached hydrogens (tertiary/aromatic N) is 1. The van der Waals surface area contributed by atoms with Crippen LogP contribution in [0.1, 0.15) is 10.4 Å². The highest BCUT2D eigenvalue weighted by Gasteiger charge is 2.12. The van der Waals surface area contributed by atoms with E-state index in [0.717, 1.165) is 27.8 Å². The first-order valence-corrected chi connectivity index (χ1v) is 9.83. The summed E-state index contributed by atoms with van der Waals surface area (Å²) in [7, 11) is 0. The number of fused-ring (bicyclic) bond motifs is 3. The van der Waals surface area contributed by atoms with Crippen LogP contribution < -0.4 is 10.0 Å². The third-order valence-corrected chi connectivity index (χ3v) is 5.23. The normalized spacial score (nSPS) is 10.9. The number of rotatable bonds is 4. The summed E-state index contributed by atoms with van der Waals surface area (Å²) in [4.78, 5) is 16.9. The predicted octanol–water partition coefficient (Wildman–Crippen LogP) is 5.20. The van der Waals surface area contributed by atoms with Crippen LogP contribution in [-0.2, 0) is 0 Å². The SMILES string of the molecule is CSNC(=O)c1ccc2c(c1)nc(Nc1ccccc1)c1ccsc12. The van der Waals surface area contributed by atoms with E-state index in [0.29, 0.717) is 5.56 Å². The van der Waals surface area contributed by atoms with Gasteiger partial charge in [0.2, 0.25) is 0 Å². The quantitative estimate of drug-likeness (QED) is 0.488. The van der Waals surface area contributed by atoms with Gasteiger partial charge in [-0.15, -0.1) is 11.3 Å². The van der Waals surface area contributed by atoms with Gasteiger partial charge in [0.25, 0.3) is 5.91 Å². The minimum Gasteiger partial charge on any atom is -0.340 e. The molecule has 0 saturated carbocycles. The van der Waals surface area contributed by atoms with Crippen LogP contribution >= 0.6 is 23.3 Å². The molecule has 0 aliphatic rings. The molecule has 4 aromatic rings. The molecule has 1 amide bonds. The number of benzene rings is 2. The molecule has 2 aromatic carbocycles. The van der Waals surface area contributed by atoms with Crippen molar-refractivity contribution < 1.29 is 4.79 Å². The third kappa shape index (κ3) is 3.06. The summed E-state index contributed by atoms with van der Waals surface area (Å²) in [5, 5.41) is 7.60. The number of carbonyl (C=O) groups excluding carboxylic acids is 1. The highest BCUT2D eigenvalue weighted by atomic mass is 32.2. The van der Waals surface area contributed by atoms with Crippen LogP contribution in [0.15, 0.2) is 60.0 Å².